The Morgan fingerprint density at radius 2 is 1.82 bits per heavy atom. The number of rotatable bonds is 4. The van der Waals surface area contributed by atoms with Crippen LogP contribution < -0.4 is 0 Å². The third-order valence-corrected chi connectivity index (χ3v) is 4.54. The fraction of sp³-hybridized carbons (Fsp3) is 0.467. The lowest BCUT2D eigenvalue weighted by Gasteiger charge is -2.34. The first-order valence-electron chi connectivity index (χ1n) is 7.34. The van der Waals surface area contributed by atoms with Crippen molar-refractivity contribution in [1.29, 1.82) is 0 Å². The number of aromatic nitrogens is 3. The molecule has 1 aliphatic rings. The lowest BCUT2D eigenvalue weighted by molar-refractivity contribution is 0.120. The summed E-state index contributed by atoms with van der Waals surface area (Å²) in [6.07, 6.45) is 1.95. The summed E-state index contributed by atoms with van der Waals surface area (Å²) in [5.74, 6) is -0.149. The van der Waals surface area contributed by atoms with Gasteiger partial charge in [-0.25, -0.2) is 4.39 Å². The van der Waals surface area contributed by atoms with Crippen LogP contribution in [0.3, 0.4) is 0 Å². The molecule has 3 rings (SSSR count). The Morgan fingerprint density at radius 1 is 1.14 bits per heavy atom. The zero-order chi connectivity index (χ0) is 15.5. The Balaban J connectivity index is 1.52. The molecule has 1 aliphatic heterocycles. The molecule has 1 saturated heterocycles. The molecule has 0 N–H and O–H groups in total. The minimum atomic E-state index is -0.149. The highest BCUT2D eigenvalue weighted by Gasteiger charge is 2.19. The summed E-state index contributed by atoms with van der Waals surface area (Å²) in [6.45, 7) is 5.29. The van der Waals surface area contributed by atoms with Gasteiger partial charge in [-0.15, -0.1) is 5.10 Å². The second-order valence-corrected chi connectivity index (χ2v) is 6.50. The maximum atomic E-state index is 14.0. The van der Waals surface area contributed by atoms with Crippen molar-refractivity contribution in [2.24, 2.45) is 7.05 Å². The van der Waals surface area contributed by atoms with E-state index in [1.54, 1.807) is 10.7 Å². The summed E-state index contributed by atoms with van der Waals surface area (Å²) in [6, 6.07) is 5.47. The average molecular weight is 368 g/mol. The van der Waals surface area contributed by atoms with Crippen molar-refractivity contribution in [2.45, 2.75) is 13.1 Å². The Bertz CT molecular complexity index is 637. The molecule has 1 aromatic carbocycles. The topological polar surface area (TPSA) is 37.2 Å². The first kappa shape index (κ1) is 15.6. The Kier molecular flexibility index (Phi) is 4.85. The molecule has 0 atom stereocenters. The van der Waals surface area contributed by atoms with Crippen LogP contribution in [0, 0.1) is 5.82 Å². The van der Waals surface area contributed by atoms with E-state index in [4.69, 9.17) is 0 Å². The van der Waals surface area contributed by atoms with Crippen LogP contribution in [0.4, 0.5) is 4.39 Å². The van der Waals surface area contributed by atoms with Gasteiger partial charge in [0, 0.05) is 58.1 Å². The van der Waals surface area contributed by atoms with E-state index < -0.39 is 0 Å². The normalized spacial score (nSPS) is 17.0. The largest absolute Gasteiger partial charge is 0.296 e. The highest BCUT2D eigenvalue weighted by molar-refractivity contribution is 9.10. The van der Waals surface area contributed by atoms with Gasteiger partial charge in [-0.2, -0.15) is 0 Å². The molecule has 1 fully saturated rings. The van der Waals surface area contributed by atoms with Gasteiger partial charge >= 0.3 is 0 Å². The molecule has 0 bridgehead atoms. The Labute approximate surface area is 137 Å². The fourth-order valence-electron chi connectivity index (χ4n) is 2.71. The van der Waals surface area contributed by atoms with Gasteiger partial charge in [0.25, 0.3) is 0 Å². The Morgan fingerprint density at radius 3 is 2.45 bits per heavy atom. The van der Waals surface area contributed by atoms with Crippen LogP contribution in [0.15, 0.2) is 28.9 Å². The van der Waals surface area contributed by atoms with Crippen molar-refractivity contribution < 1.29 is 4.39 Å². The molecule has 0 unspecified atom stereocenters. The van der Waals surface area contributed by atoms with Gasteiger partial charge < -0.3 is 0 Å². The number of nitrogens with zero attached hydrogens (tertiary/aromatic N) is 5. The lowest BCUT2D eigenvalue weighted by atomic mass is 10.2. The third kappa shape index (κ3) is 3.71. The van der Waals surface area contributed by atoms with Gasteiger partial charge in [-0.05, 0) is 22.0 Å². The highest BCUT2D eigenvalue weighted by Crippen LogP contribution is 2.20. The van der Waals surface area contributed by atoms with Crippen LogP contribution in [0.2, 0.25) is 0 Å². The van der Waals surface area contributed by atoms with E-state index >= 15 is 0 Å². The van der Waals surface area contributed by atoms with Gasteiger partial charge in [-0.3, -0.25) is 14.5 Å². The predicted octanol–water partition coefficient (Wildman–Crippen LogP) is 2.03. The summed E-state index contributed by atoms with van der Waals surface area (Å²) in [5.41, 5.74) is 1.74. The van der Waals surface area contributed by atoms with E-state index in [-0.39, 0.29) is 5.82 Å². The average Bonchev–Trinajstić information content (AvgIpc) is 2.91. The maximum absolute atomic E-state index is 14.0. The molecule has 118 valence electrons. The van der Waals surface area contributed by atoms with Crippen LogP contribution in [-0.4, -0.2) is 51.0 Å². The quantitative estimate of drug-likeness (QED) is 0.828. The molecular weight excluding hydrogens is 349 g/mol. The first-order valence-corrected chi connectivity index (χ1v) is 8.14. The SMILES string of the molecule is Cn1cc(CN2CCN(Cc3cccc(Br)c3F)CC2)nn1. The third-order valence-electron chi connectivity index (χ3n) is 3.93. The molecule has 0 aliphatic carbocycles. The highest BCUT2D eigenvalue weighted by atomic mass is 79.9. The van der Waals surface area contributed by atoms with Gasteiger partial charge in [-0.1, -0.05) is 17.3 Å². The minimum absolute atomic E-state index is 0.149. The smallest absolute Gasteiger partial charge is 0.141 e. The first-order chi connectivity index (χ1) is 10.6. The maximum Gasteiger partial charge on any atom is 0.141 e. The number of piperazine rings is 1. The van der Waals surface area contributed by atoms with Crippen LogP contribution in [0.1, 0.15) is 11.3 Å². The molecule has 7 heteroatoms. The Hall–Kier alpha value is -1.31. The molecule has 5 nitrogen and oxygen atoms in total. The van der Waals surface area contributed by atoms with Crippen LogP contribution in [0.5, 0.6) is 0 Å². The van der Waals surface area contributed by atoms with Crippen molar-refractivity contribution >= 4 is 15.9 Å². The molecule has 2 aromatic rings. The molecule has 1 aromatic heterocycles. The zero-order valence-corrected chi connectivity index (χ0v) is 14.1. The monoisotopic (exact) mass is 367 g/mol. The lowest BCUT2D eigenvalue weighted by Crippen LogP contribution is -2.45. The van der Waals surface area contributed by atoms with Crippen LogP contribution in [-0.2, 0) is 20.1 Å². The number of benzene rings is 1. The molecule has 0 amide bonds. The van der Waals surface area contributed by atoms with E-state index in [1.165, 1.54) is 0 Å². The predicted molar refractivity (Wildman–Crippen MR) is 85.7 cm³/mol. The van der Waals surface area contributed by atoms with Gasteiger partial charge in [0.15, 0.2) is 0 Å². The number of hydrogen-bond donors (Lipinski definition) is 0. The van der Waals surface area contributed by atoms with Crippen molar-refractivity contribution in [3.05, 3.63) is 45.9 Å². The second-order valence-electron chi connectivity index (χ2n) is 5.65. The molecule has 0 spiro atoms. The minimum Gasteiger partial charge on any atom is -0.296 e. The van der Waals surface area contributed by atoms with Crippen LogP contribution in [0.25, 0.3) is 0 Å². The summed E-state index contributed by atoms with van der Waals surface area (Å²) < 4.78 is 16.3. The summed E-state index contributed by atoms with van der Waals surface area (Å²) in [5, 5.41) is 8.08. The zero-order valence-electron chi connectivity index (χ0n) is 12.5. The van der Waals surface area contributed by atoms with E-state index in [1.807, 2.05) is 25.4 Å². The van der Waals surface area contributed by atoms with Crippen molar-refractivity contribution in [3.8, 4) is 0 Å². The molecule has 22 heavy (non-hydrogen) atoms. The van der Waals surface area contributed by atoms with E-state index in [9.17, 15) is 4.39 Å². The summed E-state index contributed by atoms with van der Waals surface area (Å²) in [4.78, 5) is 4.65. The standard InChI is InChI=1S/C15H19BrFN5/c1-20-10-13(18-19-20)11-22-7-5-21(6-8-22)9-12-3-2-4-14(16)15(12)17/h2-4,10H,5-9,11H2,1H3. The number of hydrogen-bond acceptors (Lipinski definition) is 4. The second kappa shape index (κ2) is 6.85. The van der Waals surface area contributed by atoms with Gasteiger partial charge in [0.1, 0.15) is 5.82 Å². The number of aryl methyl sites for hydroxylation is 1. The summed E-state index contributed by atoms with van der Waals surface area (Å²) in [7, 11) is 1.88. The van der Waals surface area contributed by atoms with Crippen molar-refractivity contribution in [3.63, 3.8) is 0 Å². The molecular formula is C15H19BrFN5. The number of halogens is 2. The molecule has 2 heterocycles. The van der Waals surface area contributed by atoms with Gasteiger partial charge in [0.2, 0.25) is 0 Å². The fourth-order valence-corrected chi connectivity index (χ4v) is 3.12. The molecule has 0 radical (unpaired) electrons. The van der Waals surface area contributed by atoms with E-state index in [0.717, 1.165) is 44.0 Å². The molecule has 0 saturated carbocycles. The van der Waals surface area contributed by atoms with Crippen molar-refractivity contribution in [1.82, 2.24) is 24.8 Å². The van der Waals surface area contributed by atoms with E-state index in [0.29, 0.717) is 11.0 Å². The van der Waals surface area contributed by atoms with Gasteiger partial charge in [0.05, 0.1) is 10.2 Å². The summed E-state index contributed by atoms with van der Waals surface area (Å²) >= 11 is 3.24. The van der Waals surface area contributed by atoms with Crippen LogP contribution >= 0.6 is 15.9 Å². The van der Waals surface area contributed by atoms with Crippen molar-refractivity contribution in [2.75, 3.05) is 26.2 Å². The van der Waals surface area contributed by atoms with E-state index in [2.05, 4.69) is 36.0 Å².